The molecule has 1 atom stereocenters. The minimum atomic E-state index is -1.21. The quantitative estimate of drug-likeness (QED) is 0.420. The van der Waals surface area contributed by atoms with E-state index in [0.717, 1.165) is 0 Å². The first-order chi connectivity index (χ1) is 16.9. The van der Waals surface area contributed by atoms with Crippen molar-refractivity contribution in [2.45, 2.75) is 39.3 Å². The second kappa shape index (κ2) is 10.7. The van der Waals surface area contributed by atoms with Crippen LogP contribution < -0.4 is 26.4 Å². The van der Waals surface area contributed by atoms with Gasteiger partial charge in [0.05, 0.1) is 12.3 Å². The number of anilines is 2. The molecular formula is C25H28FN5O4S. The van der Waals surface area contributed by atoms with E-state index in [0.29, 0.717) is 35.1 Å². The van der Waals surface area contributed by atoms with Crippen LogP contribution in [-0.4, -0.2) is 34.2 Å². The van der Waals surface area contributed by atoms with E-state index in [4.69, 9.17) is 16.2 Å². The molecule has 2 aromatic carbocycles. The molecule has 1 aromatic heterocycles. The van der Waals surface area contributed by atoms with Crippen molar-refractivity contribution in [3.05, 3.63) is 70.5 Å². The molecule has 5 N–H and O–H groups in total. The number of halogens is 1. The molecule has 0 fully saturated rings. The smallest absolute Gasteiger partial charge is 0.273 e. The van der Waals surface area contributed by atoms with Gasteiger partial charge in [-0.3, -0.25) is 19.3 Å². The Morgan fingerprint density at radius 2 is 1.72 bits per heavy atom. The van der Waals surface area contributed by atoms with Gasteiger partial charge in [0.1, 0.15) is 22.5 Å². The van der Waals surface area contributed by atoms with Crippen LogP contribution in [0.5, 0.6) is 5.75 Å². The number of benzene rings is 2. The van der Waals surface area contributed by atoms with Crippen LogP contribution in [-0.2, 0) is 4.79 Å². The lowest BCUT2D eigenvalue weighted by atomic mass is 10.0. The molecule has 3 rings (SSSR count). The standard InChI is InChI=1S/C25H28FN5O4S/c1-5-35-17-12-10-16(11-13-17)31(24(34)21-18(27)19(22(28)32)30-36-21)20(23(33)29-25(2,3)4)14-6-8-15(26)9-7-14/h6-13,20H,5,27H2,1-4H3,(H2,28,32)(H,29,33)/t20-/m0/s1. The molecule has 3 aromatic rings. The van der Waals surface area contributed by atoms with Crippen molar-refractivity contribution in [1.29, 1.82) is 0 Å². The zero-order valence-corrected chi connectivity index (χ0v) is 21.2. The van der Waals surface area contributed by atoms with Gasteiger partial charge < -0.3 is 21.5 Å². The fourth-order valence-corrected chi connectivity index (χ4v) is 4.23. The van der Waals surface area contributed by atoms with Crippen molar-refractivity contribution >= 4 is 40.6 Å². The fourth-order valence-electron chi connectivity index (χ4n) is 3.49. The van der Waals surface area contributed by atoms with E-state index in [9.17, 15) is 18.8 Å². The number of carbonyl (C=O) groups is 3. The molecular weight excluding hydrogens is 485 g/mol. The number of aromatic nitrogens is 1. The van der Waals surface area contributed by atoms with Crippen LogP contribution in [0.15, 0.2) is 48.5 Å². The predicted octanol–water partition coefficient (Wildman–Crippen LogP) is 3.66. The Bertz CT molecular complexity index is 1250. The number of primary amides is 1. The maximum Gasteiger partial charge on any atom is 0.273 e. The Labute approximate surface area is 212 Å². The molecule has 0 saturated heterocycles. The van der Waals surface area contributed by atoms with E-state index in [1.54, 1.807) is 45.0 Å². The van der Waals surface area contributed by atoms with Crippen molar-refractivity contribution < 1.29 is 23.5 Å². The first kappa shape index (κ1) is 26.6. The molecule has 0 bridgehead atoms. The number of rotatable bonds is 8. The Morgan fingerprint density at radius 1 is 1.11 bits per heavy atom. The van der Waals surface area contributed by atoms with E-state index in [-0.39, 0.29) is 16.3 Å². The molecule has 0 radical (unpaired) electrons. The minimum Gasteiger partial charge on any atom is -0.494 e. The normalized spacial score (nSPS) is 12.0. The molecule has 0 aliphatic heterocycles. The molecule has 11 heteroatoms. The highest BCUT2D eigenvalue weighted by Crippen LogP contribution is 2.34. The molecule has 0 spiro atoms. The highest BCUT2D eigenvalue weighted by molar-refractivity contribution is 7.09. The maximum atomic E-state index is 13.9. The maximum absolute atomic E-state index is 13.9. The van der Waals surface area contributed by atoms with E-state index in [1.165, 1.54) is 29.2 Å². The fraction of sp³-hybridized carbons (Fsp3) is 0.280. The summed E-state index contributed by atoms with van der Waals surface area (Å²) in [6.07, 6.45) is 0. The van der Waals surface area contributed by atoms with Crippen LogP contribution in [0.2, 0.25) is 0 Å². The van der Waals surface area contributed by atoms with Crippen molar-refractivity contribution in [2.24, 2.45) is 5.73 Å². The summed E-state index contributed by atoms with van der Waals surface area (Å²) in [5.74, 6) is -1.99. The Kier molecular flexibility index (Phi) is 7.93. The second-order valence-corrected chi connectivity index (χ2v) is 9.71. The zero-order chi connectivity index (χ0) is 26.6. The highest BCUT2D eigenvalue weighted by atomic mass is 32.1. The lowest BCUT2D eigenvalue weighted by molar-refractivity contribution is -0.123. The topological polar surface area (TPSA) is 141 Å². The SMILES string of the molecule is CCOc1ccc(N(C(=O)c2snc(C(N)=O)c2N)[C@H](C(=O)NC(C)(C)C)c2ccc(F)cc2)cc1. The van der Waals surface area contributed by atoms with Gasteiger partial charge in [-0.2, -0.15) is 4.37 Å². The number of nitrogens with two attached hydrogens (primary N) is 2. The average Bonchev–Trinajstić information content (AvgIpc) is 3.19. The summed E-state index contributed by atoms with van der Waals surface area (Å²) < 4.78 is 23.2. The van der Waals surface area contributed by atoms with Crippen LogP contribution in [0.1, 0.15) is 59.5 Å². The molecule has 190 valence electrons. The van der Waals surface area contributed by atoms with Gasteiger partial charge in [-0.15, -0.1) is 0 Å². The van der Waals surface area contributed by atoms with Gasteiger partial charge >= 0.3 is 0 Å². The average molecular weight is 514 g/mol. The number of ether oxygens (including phenoxy) is 1. The molecule has 3 amide bonds. The first-order valence-corrected chi connectivity index (χ1v) is 11.9. The van der Waals surface area contributed by atoms with Crippen molar-refractivity contribution in [3.63, 3.8) is 0 Å². The van der Waals surface area contributed by atoms with E-state index < -0.39 is 35.1 Å². The lowest BCUT2D eigenvalue weighted by Gasteiger charge is -2.33. The monoisotopic (exact) mass is 513 g/mol. The molecule has 36 heavy (non-hydrogen) atoms. The summed E-state index contributed by atoms with van der Waals surface area (Å²) in [6.45, 7) is 7.69. The number of nitrogens with one attached hydrogen (secondary N) is 1. The largest absolute Gasteiger partial charge is 0.494 e. The molecule has 0 unspecified atom stereocenters. The van der Waals surface area contributed by atoms with E-state index >= 15 is 0 Å². The number of amides is 3. The molecule has 0 aliphatic rings. The van der Waals surface area contributed by atoms with Crippen LogP contribution in [0.3, 0.4) is 0 Å². The van der Waals surface area contributed by atoms with Crippen LogP contribution in [0.25, 0.3) is 0 Å². The molecule has 9 nitrogen and oxygen atoms in total. The van der Waals surface area contributed by atoms with Gasteiger partial charge in [0.2, 0.25) is 5.91 Å². The summed E-state index contributed by atoms with van der Waals surface area (Å²) in [5, 5.41) is 2.89. The molecule has 0 saturated carbocycles. The summed E-state index contributed by atoms with van der Waals surface area (Å²) >= 11 is 0.703. The third-order valence-corrected chi connectivity index (χ3v) is 5.84. The second-order valence-electron chi connectivity index (χ2n) is 8.93. The van der Waals surface area contributed by atoms with Crippen LogP contribution in [0, 0.1) is 5.82 Å². The van der Waals surface area contributed by atoms with Crippen molar-refractivity contribution in [1.82, 2.24) is 9.69 Å². The number of nitrogens with zero attached hydrogens (tertiary/aromatic N) is 2. The van der Waals surface area contributed by atoms with Crippen LogP contribution in [0.4, 0.5) is 15.8 Å². The predicted molar refractivity (Wildman–Crippen MR) is 137 cm³/mol. The number of hydrogen-bond donors (Lipinski definition) is 3. The van der Waals surface area contributed by atoms with Gasteiger partial charge in [0.25, 0.3) is 11.8 Å². The van der Waals surface area contributed by atoms with Gasteiger partial charge in [-0.1, -0.05) is 12.1 Å². The Morgan fingerprint density at radius 3 is 2.22 bits per heavy atom. The van der Waals surface area contributed by atoms with Crippen molar-refractivity contribution in [2.75, 3.05) is 17.2 Å². The summed E-state index contributed by atoms with van der Waals surface area (Å²) in [7, 11) is 0. The lowest BCUT2D eigenvalue weighted by Crippen LogP contribution is -2.49. The van der Waals surface area contributed by atoms with Gasteiger partial charge in [0.15, 0.2) is 5.69 Å². The summed E-state index contributed by atoms with van der Waals surface area (Å²) in [4.78, 5) is 40.4. The third-order valence-electron chi connectivity index (χ3n) is 4.99. The number of hydrogen-bond acceptors (Lipinski definition) is 7. The third kappa shape index (κ3) is 5.98. The van der Waals surface area contributed by atoms with Crippen molar-refractivity contribution in [3.8, 4) is 5.75 Å². The summed E-state index contributed by atoms with van der Waals surface area (Å²) in [5.41, 5.74) is 11.0. The summed E-state index contributed by atoms with van der Waals surface area (Å²) in [6, 6.07) is 10.6. The van der Waals surface area contributed by atoms with E-state index in [2.05, 4.69) is 9.69 Å². The van der Waals surface area contributed by atoms with E-state index in [1.807, 2.05) is 6.92 Å². The zero-order valence-electron chi connectivity index (χ0n) is 20.4. The minimum absolute atomic E-state index is 0.0617. The Balaban J connectivity index is 2.21. The first-order valence-electron chi connectivity index (χ1n) is 11.1. The number of carbonyl (C=O) groups excluding carboxylic acids is 3. The van der Waals surface area contributed by atoms with Gasteiger partial charge in [0, 0.05) is 11.2 Å². The highest BCUT2D eigenvalue weighted by Gasteiger charge is 2.37. The van der Waals surface area contributed by atoms with Crippen LogP contribution >= 0.6 is 11.5 Å². The van der Waals surface area contributed by atoms with Gasteiger partial charge in [-0.25, -0.2) is 4.39 Å². The van der Waals surface area contributed by atoms with Gasteiger partial charge in [-0.05, 0) is 81.2 Å². The molecule has 1 heterocycles. The number of nitrogen functional groups attached to an aromatic ring is 1. The Hall–Kier alpha value is -3.99. The molecule has 0 aliphatic carbocycles.